The molecule has 20 heavy (non-hydrogen) atoms. The maximum atomic E-state index is 12.4. The average molecular weight is 302 g/mol. The first-order valence-electron chi connectivity index (χ1n) is 5.70. The summed E-state index contributed by atoms with van der Waals surface area (Å²) in [6, 6.07) is 9.55. The summed E-state index contributed by atoms with van der Waals surface area (Å²) in [5.41, 5.74) is 6.01. The van der Waals surface area contributed by atoms with Crippen molar-refractivity contribution in [1.82, 2.24) is 0 Å². The van der Waals surface area contributed by atoms with E-state index in [-0.39, 0.29) is 6.61 Å². The standard InChI is InChI=1S/C14H11ClF3NO/c15-12-6-5-11(19)7-13(12)20-8-9-1-3-10(4-2-9)14(16,17)18/h1-7H,8,19H2. The van der Waals surface area contributed by atoms with Gasteiger partial charge in [-0.3, -0.25) is 0 Å². The van der Waals surface area contributed by atoms with Gasteiger partial charge >= 0.3 is 6.18 Å². The van der Waals surface area contributed by atoms with Gasteiger partial charge in [0, 0.05) is 11.8 Å². The smallest absolute Gasteiger partial charge is 0.416 e. The van der Waals surface area contributed by atoms with E-state index in [4.69, 9.17) is 22.1 Å². The van der Waals surface area contributed by atoms with Crippen molar-refractivity contribution in [1.29, 1.82) is 0 Å². The van der Waals surface area contributed by atoms with Gasteiger partial charge in [-0.1, -0.05) is 23.7 Å². The largest absolute Gasteiger partial charge is 0.487 e. The Labute approximate surface area is 118 Å². The summed E-state index contributed by atoms with van der Waals surface area (Å²) in [6.07, 6.45) is -4.34. The molecule has 0 spiro atoms. The van der Waals surface area contributed by atoms with E-state index in [0.717, 1.165) is 12.1 Å². The van der Waals surface area contributed by atoms with E-state index in [0.29, 0.717) is 22.0 Å². The second-order valence-corrected chi connectivity index (χ2v) is 4.58. The van der Waals surface area contributed by atoms with Gasteiger partial charge in [0.25, 0.3) is 0 Å². The summed E-state index contributed by atoms with van der Waals surface area (Å²) in [7, 11) is 0. The van der Waals surface area contributed by atoms with Crippen molar-refractivity contribution >= 4 is 17.3 Å². The monoisotopic (exact) mass is 301 g/mol. The number of benzene rings is 2. The maximum Gasteiger partial charge on any atom is 0.416 e. The molecule has 0 amide bonds. The van der Waals surface area contributed by atoms with Crippen LogP contribution in [0.1, 0.15) is 11.1 Å². The Morgan fingerprint density at radius 3 is 2.30 bits per heavy atom. The zero-order valence-corrected chi connectivity index (χ0v) is 11.0. The summed E-state index contributed by atoms with van der Waals surface area (Å²) in [5, 5.41) is 0.395. The lowest BCUT2D eigenvalue weighted by atomic mass is 10.1. The second-order valence-electron chi connectivity index (χ2n) is 4.17. The van der Waals surface area contributed by atoms with Crippen LogP contribution in [0.4, 0.5) is 18.9 Å². The van der Waals surface area contributed by atoms with E-state index in [9.17, 15) is 13.2 Å². The van der Waals surface area contributed by atoms with Gasteiger partial charge in [-0.25, -0.2) is 0 Å². The summed E-state index contributed by atoms with van der Waals surface area (Å²) < 4.78 is 42.7. The molecule has 0 unspecified atom stereocenters. The van der Waals surface area contributed by atoms with E-state index in [1.165, 1.54) is 12.1 Å². The van der Waals surface area contributed by atoms with Crippen molar-refractivity contribution in [2.24, 2.45) is 0 Å². The van der Waals surface area contributed by atoms with Crippen molar-refractivity contribution in [2.45, 2.75) is 12.8 Å². The SMILES string of the molecule is Nc1ccc(Cl)c(OCc2ccc(C(F)(F)F)cc2)c1. The zero-order chi connectivity index (χ0) is 14.8. The molecular weight excluding hydrogens is 291 g/mol. The Kier molecular flexibility index (Phi) is 4.09. The van der Waals surface area contributed by atoms with Gasteiger partial charge in [0.2, 0.25) is 0 Å². The van der Waals surface area contributed by atoms with Crippen molar-refractivity contribution in [3.05, 3.63) is 58.6 Å². The van der Waals surface area contributed by atoms with Gasteiger partial charge in [0.05, 0.1) is 10.6 Å². The zero-order valence-electron chi connectivity index (χ0n) is 10.2. The number of rotatable bonds is 3. The van der Waals surface area contributed by atoms with Crippen LogP contribution in [0.25, 0.3) is 0 Å². The van der Waals surface area contributed by atoms with Crippen LogP contribution in [0.5, 0.6) is 5.75 Å². The highest BCUT2D eigenvalue weighted by molar-refractivity contribution is 6.32. The van der Waals surface area contributed by atoms with Gasteiger partial charge in [0.1, 0.15) is 12.4 Å². The molecule has 0 aliphatic carbocycles. The van der Waals surface area contributed by atoms with E-state index in [1.807, 2.05) is 0 Å². The topological polar surface area (TPSA) is 35.2 Å². The van der Waals surface area contributed by atoms with Gasteiger partial charge < -0.3 is 10.5 Å². The fourth-order valence-corrected chi connectivity index (χ4v) is 1.75. The lowest BCUT2D eigenvalue weighted by Gasteiger charge is -2.10. The maximum absolute atomic E-state index is 12.4. The molecule has 106 valence electrons. The first kappa shape index (κ1) is 14.5. The third-order valence-electron chi connectivity index (χ3n) is 2.63. The molecule has 0 heterocycles. The predicted octanol–water partition coefficient (Wildman–Crippen LogP) is 4.52. The Hall–Kier alpha value is -1.88. The van der Waals surface area contributed by atoms with Crippen molar-refractivity contribution in [2.75, 3.05) is 5.73 Å². The van der Waals surface area contributed by atoms with Crippen molar-refractivity contribution in [3.63, 3.8) is 0 Å². The first-order valence-corrected chi connectivity index (χ1v) is 6.08. The molecule has 0 fully saturated rings. The molecule has 0 bridgehead atoms. The Morgan fingerprint density at radius 2 is 1.70 bits per heavy atom. The number of alkyl halides is 3. The average Bonchev–Trinajstić information content (AvgIpc) is 2.39. The normalized spacial score (nSPS) is 11.4. The summed E-state index contributed by atoms with van der Waals surface area (Å²) >= 11 is 5.92. The Bertz CT molecular complexity index is 596. The Morgan fingerprint density at radius 1 is 1.05 bits per heavy atom. The minimum absolute atomic E-state index is 0.112. The van der Waals surface area contributed by atoms with E-state index < -0.39 is 11.7 Å². The summed E-state index contributed by atoms with van der Waals surface area (Å²) in [5.74, 6) is 0.395. The fraction of sp³-hybridized carbons (Fsp3) is 0.143. The number of nitrogens with two attached hydrogens (primary N) is 1. The molecule has 2 aromatic carbocycles. The van der Waals surface area contributed by atoms with Crippen LogP contribution in [0.15, 0.2) is 42.5 Å². The van der Waals surface area contributed by atoms with Gasteiger partial charge in [-0.05, 0) is 29.8 Å². The van der Waals surface area contributed by atoms with Gasteiger partial charge in [-0.15, -0.1) is 0 Å². The van der Waals surface area contributed by atoms with E-state index in [2.05, 4.69) is 0 Å². The highest BCUT2D eigenvalue weighted by Crippen LogP contribution is 2.30. The molecule has 0 radical (unpaired) electrons. The lowest BCUT2D eigenvalue weighted by molar-refractivity contribution is -0.137. The molecule has 0 saturated heterocycles. The molecule has 0 aliphatic rings. The van der Waals surface area contributed by atoms with Crippen LogP contribution in [0.3, 0.4) is 0 Å². The van der Waals surface area contributed by atoms with Crippen LogP contribution < -0.4 is 10.5 Å². The van der Waals surface area contributed by atoms with Crippen LogP contribution in [-0.4, -0.2) is 0 Å². The molecule has 2 rings (SSSR count). The van der Waals surface area contributed by atoms with Crippen LogP contribution >= 0.6 is 11.6 Å². The molecule has 6 heteroatoms. The fourth-order valence-electron chi connectivity index (χ4n) is 1.58. The van der Waals surface area contributed by atoms with Crippen molar-refractivity contribution < 1.29 is 17.9 Å². The summed E-state index contributed by atoms with van der Waals surface area (Å²) in [6.45, 7) is 0.112. The number of hydrogen-bond acceptors (Lipinski definition) is 2. The predicted molar refractivity (Wildman–Crippen MR) is 71.6 cm³/mol. The van der Waals surface area contributed by atoms with Crippen LogP contribution in [0, 0.1) is 0 Å². The number of nitrogen functional groups attached to an aromatic ring is 1. The van der Waals surface area contributed by atoms with Gasteiger partial charge in [-0.2, -0.15) is 13.2 Å². The molecule has 0 saturated carbocycles. The molecular formula is C14H11ClF3NO. The first-order chi connectivity index (χ1) is 9.36. The van der Waals surface area contributed by atoms with E-state index >= 15 is 0 Å². The number of ether oxygens (including phenoxy) is 1. The van der Waals surface area contributed by atoms with Crippen LogP contribution in [-0.2, 0) is 12.8 Å². The van der Waals surface area contributed by atoms with Crippen molar-refractivity contribution in [3.8, 4) is 5.75 Å². The molecule has 0 atom stereocenters. The van der Waals surface area contributed by atoms with E-state index in [1.54, 1.807) is 18.2 Å². The minimum atomic E-state index is -4.34. The molecule has 2 aromatic rings. The lowest BCUT2D eigenvalue weighted by Crippen LogP contribution is -2.05. The second kappa shape index (κ2) is 5.63. The summed E-state index contributed by atoms with van der Waals surface area (Å²) in [4.78, 5) is 0. The molecule has 2 N–H and O–H groups in total. The quantitative estimate of drug-likeness (QED) is 0.846. The number of halogens is 4. The van der Waals surface area contributed by atoms with Gasteiger partial charge in [0.15, 0.2) is 0 Å². The number of hydrogen-bond donors (Lipinski definition) is 1. The molecule has 0 aromatic heterocycles. The molecule has 2 nitrogen and oxygen atoms in total. The highest BCUT2D eigenvalue weighted by atomic mass is 35.5. The number of anilines is 1. The minimum Gasteiger partial charge on any atom is -0.487 e. The third kappa shape index (κ3) is 3.57. The Balaban J connectivity index is 2.06. The third-order valence-corrected chi connectivity index (χ3v) is 2.94. The highest BCUT2D eigenvalue weighted by Gasteiger charge is 2.29. The van der Waals surface area contributed by atoms with Crippen LogP contribution in [0.2, 0.25) is 5.02 Å². The molecule has 0 aliphatic heterocycles.